The van der Waals surface area contributed by atoms with Gasteiger partial charge < -0.3 is 14.9 Å². The number of nitrogens with zero attached hydrogens (tertiary/aromatic N) is 2. The van der Waals surface area contributed by atoms with E-state index in [9.17, 15) is 9.59 Å². The van der Waals surface area contributed by atoms with Crippen LogP contribution in [0.25, 0.3) is 0 Å². The van der Waals surface area contributed by atoms with Crippen LogP contribution in [-0.4, -0.2) is 59.5 Å². The van der Waals surface area contributed by atoms with Crippen LogP contribution in [0.1, 0.15) is 27.2 Å². The summed E-state index contributed by atoms with van der Waals surface area (Å²) in [4.78, 5) is 27.0. The molecule has 0 aromatic carbocycles. The van der Waals surface area contributed by atoms with Crippen molar-refractivity contribution in [2.45, 2.75) is 33.2 Å². The van der Waals surface area contributed by atoms with Gasteiger partial charge in [0.15, 0.2) is 0 Å². The summed E-state index contributed by atoms with van der Waals surface area (Å²) in [5.41, 5.74) is -0.986. The van der Waals surface area contributed by atoms with Crippen molar-refractivity contribution in [3.63, 3.8) is 0 Å². The first-order valence-electron chi connectivity index (χ1n) is 5.95. The van der Waals surface area contributed by atoms with Crippen LogP contribution in [-0.2, 0) is 9.59 Å². The monoisotopic (exact) mass is 242 g/mol. The van der Waals surface area contributed by atoms with E-state index in [2.05, 4.69) is 4.90 Å². The first-order chi connectivity index (χ1) is 7.74. The summed E-state index contributed by atoms with van der Waals surface area (Å²) in [5, 5.41) is 9.02. The van der Waals surface area contributed by atoms with Gasteiger partial charge in [0.2, 0.25) is 5.91 Å². The second-order valence-corrected chi connectivity index (χ2v) is 5.56. The molecule has 0 spiro atoms. The van der Waals surface area contributed by atoms with E-state index < -0.39 is 11.4 Å². The Kier molecular flexibility index (Phi) is 4.14. The summed E-state index contributed by atoms with van der Waals surface area (Å²) in [6, 6.07) is 0.158. The van der Waals surface area contributed by atoms with Crippen molar-refractivity contribution < 1.29 is 14.7 Å². The lowest BCUT2D eigenvalue weighted by Crippen LogP contribution is -2.53. The van der Waals surface area contributed by atoms with E-state index in [0.29, 0.717) is 6.54 Å². The van der Waals surface area contributed by atoms with Gasteiger partial charge in [-0.05, 0) is 27.8 Å². The Labute approximate surface area is 102 Å². The molecule has 98 valence electrons. The Balaban J connectivity index is 2.62. The molecular formula is C12H22N2O3. The van der Waals surface area contributed by atoms with Crippen LogP contribution in [0.5, 0.6) is 0 Å². The molecule has 1 amide bonds. The molecule has 0 aromatic rings. The highest BCUT2D eigenvalue weighted by atomic mass is 16.4. The summed E-state index contributed by atoms with van der Waals surface area (Å²) in [6.45, 7) is 7.57. The summed E-state index contributed by atoms with van der Waals surface area (Å²) in [6.07, 6.45) is 0.0659. The minimum Gasteiger partial charge on any atom is -0.481 e. The number of hydrogen-bond acceptors (Lipinski definition) is 3. The number of likely N-dealkylation sites (N-methyl/N-ethyl adjacent to an activating group) is 1. The third-order valence-corrected chi connectivity index (χ3v) is 3.32. The molecule has 5 nitrogen and oxygen atoms in total. The average molecular weight is 242 g/mol. The highest BCUT2D eigenvalue weighted by Gasteiger charge is 2.34. The number of carbonyl (C=O) groups excluding carboxylic acids is 1. The molecule has 1 aliphatic rings. The SMILES string of the molecule is CC1CN(C)CCN1C(=O)CC(C)(C)C(=O)O. The fourth-order valence-corrected chi connectivity index (χ4v) is 2.07. The molecule has 1 heterocycles. The quantitative estimate of drug-likeness (QED) is 0.789. The topological polar surface area (TPSA) is 60.9 Å². The summed E-state index contributed by atoms with van der Waals surface area (Å²) in [7, 11) is 2.03. The molecule has 1 atom stereocenters. The van der Waals surface area contributed by atoms with Gasteiger partial charge in [0.1, 0.15) is 0 Å². The van der Waals surface area contributed by atoms with Gasteiger partial charge in [0, 0.05) is 32.1 Å². The zero-order valence-electron chi connectivity index (χ0n) is 11.1. The van der Waals surface area contributed by atoms with Crippen LogP contribution in [0.15, 0.2) is 0 Å². The van der Waals surface area contributed by atoms with Crippen LogP contribution >= 0.6 is 0 Å². The number of amides is 1. The first kappa shape index (κ1) is 14.0. The smallest absolute Gasteiger partial charge is 0.309 e. The number of piperazine rings is 1. The Hall–Kier alpha value is -1.10. The van der Waals surface area contributed by atoms with Gasteiger partial charge >= 0.3 is 5.97 Å². The Morgan fingerprint density at radius 2 is 1.94 bits per heavy atom. The van der Waals surface area contributed by atoms with Gasteiger partial charge in [-0.15, -0.1) is 0 Å². The molecular weight excluding hydrogens is 220 g/mol. The standard InChI is InChI=1S/C12H22N2O3/c1-9-8-13(4)5-6-14(9)10(15)7-12(2,3)11(16)17/h9H,5-8H2,1-4H3,(H,16,17). The first-order valence-corrected chi connectivity index (χ1v) is 5.95. The van der Waals surface area contributed by atoms with E-state index in [1.165, 1.54) is 0 Å². The largest absolute Gasteiger partial charge is 0.481 e. The molecule has 0 bridgehead atoms. The summed E-state index contributed by atoms with van der Waals surface area (Å²) in [5.74, 6) is -0.981. The van der Waals surface area contributed by atoms with Crippen molar-refractivity contribution >= 4 is 11.9 Å². The van der Waals surface area contributed by atoms with Crippen molar-refractivity contribution in [1.82, 2.24) is 9.80 Å². The minimum atomic E-state index is -0.986. The molecule has 1 unspecified atom stereocenters. The number of rotatable bonds is 3. The normalized spacial score (nSPS) is 22.6. The number of aliphatic carboxylic acids is 1. The van der Waals surface area contributed by atoms with Crippen LogP contribution in [0, 0.1) is 5.41 Å². The average Bonchev–Trinajstić information content (AvgIpc) is 2.15. The lowest BCUT2D eigenvalue weighted by molar-refractivity contribution is -0.152. The molecule has 0 saturated carbocycles. The summed E-state index contributed by atoms with van der Waals surface area (Å²) < 4.78 is 0. The highest BCUT2D eigenvalue weighted by Crippen LogP contribution is 2.23. The molecule has 17 heavy (non-hydrogen) atoms. The Morgan fingerprint density at radius 3 is 2.41 bits per heavy atom. The van der Waals surface area contributed by atoms with Crippen LogP contribution in [0.3, 0.4) is 0 Å². The van der Waals surface area contributed by atoms with Gasteiger partial charge in [0.25, 0.3) is 0 Å². The molecule has 1 aliphatic heterocycles. The molecule has 0 aliphatic carbocycles. The fraction of sp³-hybridized carbons (Fsp3) is 0.833. The maximum atomic E-state index is 12.1. The maximum Gasteiger partial charge on any atom is 0.309 e. The third kappa shape index (κ3) is 3.43. The van der Waals surface area contributed by atoms with Gasteiger partial charge in [-0.3, -0.25) is 9.59 Å². The van der Waals surface area contributed by atoms with E-state index in [4.69, 9.17) is 5.11 Å². The molecule has 1 saturated heterocycles. The Bertz CT molecular complexity index is 315. The number of carboxylic acids is 1. The van der Waals surface area contributed by atoms with E-state index >= 15 is 0 Å². The molecule has 0 radical (unpaired) electrons. The second-order valence-electron chi connectivity index (χ2n) is 5.56. The van der Waals surface area contributed by atoms with Crippen molar-refractivity contribution in [2.24, 2.45) is 5.41 Å². The Morgan fingerprint density at radius 1 is 1.35 bits per heavy atom. The predicted octanol–water partition coefficient (Wildman–Crippen LogP) is 0.650. The molecule has 5 heteroatoms. The van der Waals surface area contributed by atoms with Crippen LogP contribution in [0.4, 0.5) is 0 Å². The molecule has 1 fully saturated rings. The van der Waals surface area contributed by atoms with Gasteiger partial charge in [-0.1, -0.05) is 0 Å². The number of carbonyl (C=O) groups is 2. The van der Waals surface area contributed by atoms with Crippen molar-refractivity contribution in [3.05, 3.63) is 0 Å². The van der Waals surface area contributed by atoms with E-state index in [1.54, 1.807) is 18.7 Å². The molecule has 0 aromatic heterocycles. The second kappa shape index (κ2) is 5.04. The fourth-order valence-electron chi connectivity index (χ4n) is 2.07. The van der Waals surface area contributed by atoms with E-state index in [0.717, 1.165) is 13.1 Å². The van der Waals surface area contributed by atoms with Gasteiger partial charge in [-0.25, -0.2) is 0 Å². The van der Waals surface area contributed by atoms with Crippen LogP contribution in [0.2, 0.25) is 0 Å². The van der Waals surface area contributed by atoms with Gasteiger partial charge in [0.05, 0.1) is 5.41 Å². The lowest BCUT2D eigenvalue weighted by Gasteiger charge is -2.39. The predicted molar refractivity (Wildman–Crippen MR) is 64.7 cm³/mol. The number of carboxylic acid groups (broad SMARTS) is 1. The van der Waals surface area contributed by atoms with Crippen LogP contribution < -0.4 is 0 Å². The zero-order chi connectivity index (χ0) is 13.2. The molecule has 1 rings (SSSR count). The molecule has 1 N–H and O–H groups in total. The zero-order valence-corrected chi connectivity index (χ0v) is 11.1. The van der Waals surface area contributed by atoms with Crippen molar-refractivity contribution in [3.8, 4) is 0 Å². The minimum absolute atomic E-state index is 0.0574. The maximum absolute atomic E-state index is 12.1. The van der Waals surface area contributed by atoms with Gasteiger partial charge in [-0.2, -0.15) is 0 Å². The van der Waals surface area contributed by atoms with Crippen molar-refractivity contribution in [1.29, 1.82) is 0 Å². The highest BCUT2D eigenvalue weighted by molar-refractivity contribution is 5.84. The lowest BCUT2D eigenvalue weighted by atomic mass is 9.88. The third-order valence-electron chi connectivity index (χ3n) is 3.32. The van der Waals surface area contributed by atoms with Crippen molar-refractivity contribution in [2.75, 3.05) is 26.7 Å². The van der Waals surface area contributed by atoms with E-state index in [1.807, 2.05) is 14.0 Å². The summed E-state index contributed by atoms with van der Waals surface area (Å²) >= 11 is 0. The number of hydrogen-bond donors (Lipinski definition) is 1. The van der Waals surface area contributed by atoms with E-state index in [-0.39, 0.29) is 18.4 Å².